The number of imidazole rings is 1. The quantitative estimate of drug-likeness (QED) is 0.606. The summed E-state index contributed by atoms with van der Waals surface area (Å²) in [6, 6.07) is 11.2. The molecule has 0 aliphatic heterocycles. The zero-order valence-corrected chi connectivity index (χ0v) is 17.4. The van der Waals surface area contributed by atoms with Crippen LogP contribution in [0.4, 0.5) is 0 Å². The van der Waals surface area contributed by atoms with E-state index in [1.54, 1.807) is 33.5 Å². The molecule has 0 unspecified atom stereocenters. The van der Waals surface area contributed by atoms with E-state index in [2.05, 4.69) is 29.1 Å². The van der Waals surface area contributed by atoms with Gasteiger partial charge in [0.05, 0.1) is 44.8 Å². The molecule has 7 heteroatoms. The van der Waals surface area contributed by atoms with Gasteiger partial charge in [-0.1, -0.05) is 26.0 Å². The molecule has 7 nitrogen and oxygen atoms in total. The number of benzene rings is 2. The standard InChI is InChI=1S/C22H27N3O4/c1-13(2)20(22-23-15-8-6-7-9-16(15)24-22)25-19(26)12-14-10-17(27-3)21(29-5)18(11-14)28-4/h6-11,13,20H,12H2,1-5H3,(H,23,24)(H,25,26)/t20-/m0/s1. The number of aromatic nitrogens is 2. The zero-order chi connectivity index (χ0) is 21.0. The number of rotatable bonds is 8. The van der Waals surface area contributed by atoms with Crippen LogP contribution in [-0.2, 0) is 11.2 Å². The molecule has 1 atom stereocenters. The molecule has 1 amide bonds. The van der Waals surface area contributed by atoms with Gasteiger partial charge in [-0.15, -0.1) is 0 Å². The minimum atomic E-state index is -0.225. The van der Waals surface area contributed by atoms with Gasteiger partial charge >= 0.3 is 0 Å². The number of amides is 1. The second kappa shape index (κ2) is 8.86. The first-order valence-corrected chi connectivity index (χ1v) is 9.49. The Morgan fingerprint density at radius 2 is 1.72 bits per heavy atom. The van der Waals surface area contributed by atoms with Crippen LogP contribution in [0, 0.1) is 5.92 Å². The van der Waals surface area contributed by atoms with Crippen molar-refractivity contribution in [3.05, 3.63) is 47.8 Å². The number of para-hydroxylation sites is 2. The molecule has 0 saturated heterocycles. The maximum absolute atomic E-state index is 12.8. The number of H-pyrrole nitrogens is 1. The van der Waals surface area contributed by atoms with Crippen LogP contribution < -0.4 is 19.5 Å². The number of nitrogens with one attached hydrogen (secondary N) is 2. The van der Waals surface area contributed by atoms with E-state index in [0.29, 0.717) is 17.2 Å². The molecular formula is C22H27N3O4. The SMILES string of the molecule is COc1cc(CC(=O)N[C@H](c2nc3ccccc3[nH]2)C(C)C)cc(OC)c1OC. The highest BCUT2D eigenvalue weighted by atomic mass is 16.5. The highest BCUT2D eigenvalue weighted by Gasteiger charge is 2.22. The smallest absolute Gasteiger partial charge is 0.225 e. The molecule has 0 aliphatic carbocycles. The van der Waals surface area contributed by atoms with E-state index in [9.17, 15) is 4.79 Å². The third-order valence-electron chi connectivity index (χ3n) is 4.77. The Labute approximate surface area is 170 Å². The molecule has 0 spiro atoms. The second-order valence-corrected chi connectivity index (χ2v) is 7.14. The lowest BCUT2D eigenvalue weighted by atomic mass is 10.0. The summed E-state index contributed by atoms with van der Waals surface area (Å²) >= 11 is 0. The normalized spacial score (nSPS) is 12.1. The maximum atomic E-state index is 12.8. The van der Waals surface area contributed by atoms with Gasteiger partial charge in [0.15, 0.2) is 11.5 Å². The van der Waals surface area contributed by atoms with Crippen molar-refractivity contribution in [1.82, 2.24) is 15.3 Å². The van der Waals surface area contributed by atoms with Crippen molar-refractivity contribution in [3.63, 3.8) is 0 Å². The number of hydrogen-bond donors (Lipinski definition) is 2. The van der Waals surface area contributed by atoms with Gasteiger partial charge in [-0.2, -0.15) is 0 Å². The summed E-state index contributed by atoms with van der Waals surface area (Å²) in [6.07, 6.45) is 0.181. The molecule has 29 heavy (non-hydrogen) atoms. The average Bonchev–Trinajstić information content (AvgIpc) is 3.14. The Hall–Kier alpha value is -3.22. The number of carbonyl (C=O) groups excluding carboxylic acids is 1. The summed E-state index contributed by atoms with van der Waals surface area (Å²) in [7, 11) is 4.66. The van der Waals surface area contributed by atoms with Crippen LogP contribution in [0.5, 0.6) is 17.2 Å². The number of aromatic amines is 1. The largest absolute Gasteiger partial charge is 0.493 e. The van der Waals surface area contributed by atoms with E-state index in [-0.39, 0.29) is 24.3 Å². The van der Waals surface area contributed by atoms with Crippen molar-refractivity contribution in [2.45, 2.75) is 26.3 Å². The first-order chi connectivity index (χ1) is 14.0. The Morgan fingerprint density at radius 3 is 2.28 bits per heavy atom. The van der Waals surface area contributed by atoms with E-state index < -0.39 is 0 Å². The fourth-order valence-corrected chi connectivity index (χ4v) is 3.32. The van der Waals surface area contributed by atoms with Crippen LogP contribution in [0.2, 0.25) is 0 Å². The molecule has 1 heterocycles. The van der Waals surface area contributed by atoms with E-state index in [1.165, 1.54) is 0 Å². The van der Waals surface area contributed by atoms with Gasteiger partial charge in [-0.05, 0) is 35.7 Å². The van der Waals surface area contributed by atoms with Gasteiger partial charge < -0.3 is 24.5 Å². The van der Waals surface area contributed by atoms with Gasteiger partial charge in [0.25, 0.3) is 0 Å². The molecule has 0 bridgehead atoms. The lowest BCUT2D eigenvalue weighted by Gasteiger charge is -2.21. The summed E-state index contributed by atoms with van der Waals surface area (Å²) in [5.41, 5.74) is 2.60. The Bertz CT molecular complexity index is 939. The molecule has 2 aromatic carbocycles. The molecule has 3 aromatic rings. The predicted molar refractivity (Wildman–Crippen MR) is 112 cm³/mol. The molecule has 154 valence electrons. The summed E-state index contributed by atoms with van der Waals surface area (Å²) in [5, 5.41) is 3.10. The predicted octanol–water partition coefficient (Wildman–Crippen LogP) is 3.64. The lowest BCUT2D eigenvalue weighted by molar-refractivity contribution is -0.121. The fraction of sp³-hybridized carbons (Fsp3) is 0.364. The van der Waals surface area contributed by atoms with Gasteiger partial charge in [0.1, 0.15) is 5.82 Å². The number of methoxy groups -OCH3 is 3. The maximum Gasteiger partial charge on any atom is 0.225 e. The van der Waals surface area contributed by atoms with Crippen LogP contribution >= 0.6 is 0 Å². The van der Waals surface area contributed by atoms with Crippen LogP contribution in [0.1, 0.15) is 31.3 Å². The number of hydrogen-bond acceptors (Lipinski definition) is 5. The third kappa shape index (κ3) is 4.45. The Balaban J connectivity index is 1.80. The highest BCUT2D eigenvalue weighted by molar-refractivity contribution is 5.80. The van der Waals surface area contributed by atoms with Gasteiger partial charge in [-0.3, -0.25) is 4.79 Å². The molecule has 0 fully saturated rings. The van der Waals surface area contributed by atoms with Gasteiger partial charge in [-0.25, -0.2) is 4.98 Å². The summed E-state index contributed by atoms with van der Waals surface area (Å²) < 4.78 is 16.1. The minimum Gasteiger partial charge on any atom is -0.493 e. The highest BCUT2D eigenvalue weighted by Crippen LogP contribution is 2.38. The topological polar surface area (TPSA) is 85.5 Å². The molecular weight excluding hydrogens is 370 g/mol. The van der Waals surface area contributed by atoms with E-state index in [1.807, 2.05) is 24.3 Å². The number of nitrogens with zero attached hydrogens (tertiary/aromatic N) is 1. The molecule has 3 rings (SSSR count). The van der Waals surface area contributed by atoms with Crippen LogP contribution in [-0.4, -0.2) is 37.2 Å². The number of carbonyl (C=O) groups is 1. The van der Waals surface area contributed by atoms with Crippen molar-refractivity contribution in [2.75, 3.05) is 21.3 Å². The first-order valence-electron chi connectivity index (χ1n) is 9.49. The summed E-state index contributed by atoms with van der Waals surface area (Å²) in [5.74, 6) is 2.35. The minimum absolute atomic E-state index is 0.113. The van der Waals surface area contributed by atoms with Crippen molar-refractivity contribution in [3.8, 4) is 17.2 Å². The van der Waals surface area contributed by atoms with Crippen molar-refractivity contribution >= 4 is 16.9 Å². The zero-order valence-electron chi connectivity index (χ0n) is 17.4. The van der Waals surface area contributed by atoms with Gasteiger partial charge in [0.2, 0.25) is 11.7 Å². The van der Waals surface area contributed by atoms with Crippen molar-refractivity contribution < 1.29 is 19.0 Å². The average molecular weight is 397 g/mol. The van der Waals surface area contributed by atoms with Crippen LogP contribution in [0.25, 0.3) is 11.0 Å². The van der Waals surface area contributed by atoms with E-state index >= 15 is 0 Å². The van der Waals surface area contributed by atoms with Crippen molar-refractivity contribution in [1.29, 1.82) is 0 Å². The van der Waals surface area contributed by atoms with Crippen LogP contribution in [0.15, 0.2) is 36.4 Å². The second-order valence-electron chi connectivity index (χ2n) is 7.14. The Morgan fingerprint density at radius 1 is 1.07 bits per heavy atom. The monoisotopic (exact) mass is 397 g/mol. The third-order valence-corrected chi connectivity index (χ3v) is 4.77. The molecule has 0 saturated carbocycles. The lowest BCUT2D eigenvalue weighted by Crippen LogP contribution is -2.33. The molecule has 2 N–H and O–H groups in total. The molecule has 0 aliphatic rings. The number of fused-ring (bicyclic) bond motifs is 1. The first kappa shape index (κ1) is 20.5. The summed E-state index contributed by atoms with van der Waals surface area (Å²) in [4.78, 5) is 20.8. The van der Waals surface area contributed by atoms with E-state index in [0.717, 1.165) is 22.4 Å². The van der Waals surface area contributed by atoms with Crippen LogP contribution in [0.3, 0.4) is 0 Å². The van der Waals surface area contributed by atoms with Crippen molar-refractivity contribution in [2.24, 2.45) is 5.92 Å². The number of ether oxygens (including phenoxy) is 3. The molecule has 0 radical (unpaired) electrons. The van der Waals surface area contributed by atoms with E-state index in [4.69, 9.17) is 14.2 Å². The summed E-state index contributed by atoms with van der Waals surface area (Å²) in [6.45, 7) is 4.11. The fourth-order valence-electron chi connectivity index (χ4n) is 3.32. The van der Waals surface area contributed by atoms with Gasteiger partial charge in [0, 0.05) is 0 Å². The molecule has 1 aromatic heterocycles. The Kier molecular flexibility index (Phi) is 6.26.